The molecule has 3 aromatic rings. The van der Waals surface area contributed by atoms with Gasteiger partial charge >= 0.3 is 6.09 Å². The largest absolute Gasteiger partial charge is 0.508 e. The third kappa shape index (κ3) is 7.29. The molecule has 0 spiro atoms. The molecule has 1 fully saturated rings. The van der Waals surface area contributed by atoms with Crippen molar-refractivity contribution in [2.24, 2.45) is 0 Å². The van der Waals surface area contributed by atoms with Crippen molar-refractivity contribution >= 4 is 29.4 Å². The van der Waals surface area contributed by atoms with Crippen LogP contribution < -0.4 is 4.90 Å². The highest BCUT2D eigenvalue weighted by Gasteiger charge is 2.27. The SMILES string of the molecule is CN(CC(O)c1ccc(O)cc1)C(=O)c1ccc(-c2cnc(N3CCN(C(=O)OC(C)(C)C)CC3)c(C#N)c2)cc1Cl. The molecular formula is C31H34ClN5O5. The Morgan fingerprint density at radius 2 is 1.76 bits per heavy atom. The number of piperazine rings is 1. The molecule has 2 aromatic carbocycles. The second-order valence-electron chi connectivity index (χ2n) is 11.1. The molecule has 0 saturated carbocycles. The second-order valence-corrected chi connectivity index (χ2v) is 11.6. The zero-order valence-corrected chi connectivity index (χ0v) is 24.8. The van der Waals surface area contributed by atoms with Crippen molar-refractivity contribution in [2.75, 3.05) is 44.7 Å². The van der Waals surface area contributed by atoms with Gasteiger partial charge in [0, 0.05) is 45.0 Å². The molecule has 11 heteroatoms. The van der Waals surface area contributed by atoms with Gasteiger partial charge < -0.3 is 29.6 Å². The minimum absolute atomic E-state index is 0.0324. The number of aliphatic hydroxyl groups is 1. The zero-order valence-electron chi connectivity index (χ0n) is 24.0. The van der Waals surface area contributed by atoms with Gasteiger partial charge in [-0.1, -0.05) is 29.8 Å². The fourth-order valence-corrected chi connectivity index (χ4v) is 4.86. The zero-order chi connectivity index (χ0) is 30.6. The van der Waals surface area contributed by atoms with Crippen LogP contribution in [0.25, 0.3) is 11.1 Å². The maximum absolute atomic E-state index is 13.1. The Morgan fingerprint density at radius 3 is 2.36 bits per heavy atom. The normalized spacial score (nSPS) is 14.2. The molecule has 1 unspecified atom stereocenters. The molecule has 0 bridgehead atoms. The highest BCUT2D eigenvalue weighted by Crippen LogP contribution is 2.30. The second kappa shape index (κ2) is 12.7. The van der Waals surface area contributed by atoms with Gasteiger partial charge in [-0.2, -0.15) is 5.26 Å². The highest BCUT2D eigenvalue weighted by molar-refractivity contribution is 6.34. The Morgan fingerprint density at radius 1 is 1.10 bits per heavy atom. The van der Waals surface area contributed by atoms with E-state index in [9.17, 15) is 25.1 Å². The van der Waals surface area contributed by atoms with Gasteiger partial charge in [-0.05, 0) is 62.2 Å². The average Bonchev–Trinajstić information content (AvgIpc) is 2.96. The number of aromatic nitrogens is 1. The van der Waals surface area contributed by atoms with Gasteiger partial charge in [-0.15, -0.1) is 0 Å². The number of anilines is 1. The Bertz CT molecular complexity index is 1490. The van der Waals surface area contributed by atoms with Crippen molar-refractivity contribution in [3.8, 4) is 22.9 Å². The minimum atomic E-state index is -0.938. The number of aliphatic hydroxyl groups excluding tert-OH is 1. The standard InChI is InChI=1S/C31H34ClN5O5/c1-31(2,3)42-30(41)37-13-11-36(12-14-37)28-22(17-33)15-23(18-34-28)21-7-10-25(26(32)16-21)29(40)35(4)19-27(39)20-5-8-24(38)9-6-20/h5-10,15-16,18,27,38-39H,11-14,19H2,1-4H3. The fraction of sp³-hybridized carbons (Fsp3) is 0.355. The number of benzene rings is 2. The topological polar surface area (TPSA) is 130 Å². The smallest absolute Gasteiger partial charge is 0.410 e. The Hall–Kier alpha value is -4.33. The number of aromatic hydroxyl groups is 1. The van der Waals surface area contributed by atoms with Crippen molar-refractivity contribution in [3.05, 3.63) is 76.4 Å². The Balaban J connectivity index is 1.44. The summed E-state index contributed by atoms with van der Waals surface area (Å²) in [5.74, 6) is 0.269. The molecule has 0 radical (unpaired) electrons. The van der Waals surface area contributed by atoms with Gasteiger partial charge in [0.05, 0.1) is 28.8 Å². The number of carbonyl (C=O) groups excluding carboxylic acids is 2. The summed E-state index contributed by atoms with van der Waals surface area (Å²) in [6.45, 7) is 7.45. The van der Waals surface area contributed by atoms with Gasteiger partial charge in [0.15, 0.2) is 0 Å². The van der Waals surface area contributed by atoms with Gasteiger partial charge in [0.2, 0.25) is 0 Å². The van der Waals surface area contributed by atoms with E-state index in [4.69, 9.17) is 16.3 Å². The van der Waals surface area contributed by atoms with Gasteiger partial charge in [-0.25, -0.2) is 9.78 Å². The monoisotopic (exact) mass is 591 g/mol. The molecule has 1 atom stereocenters. The summed E-state index contributed by atoms with van der Waals surface area (Å²) in [5, 5.41) is 30.1. The number of nitriles is 1. The number of amides is 2. The van der Waals surface area contributed by atoms with Crippen LogP contribution in [0.15, 0.2) is 54.7 Å². The van der Waals surface area contributed by atoms with Crippen molar-refractivity contribution < 1.29 is 24.5 Å². The third-order valence-corrected chi connectivity index (χ3v) is 7.13. The molecule has 42 heavy (non-hydrogen) atoms. The number of hydrogen-bond donors (Lipinski definition) is 2. The maximum atomic E-state index is 13.1. The lowest BCUT2D eigenvalue weighted by Gasteiger charge is -2.36. The van der Waals surface area contributed by atoms with Crippen LogP contribution in [0.2, 0.25) is 5.02 Å². The molecule has 10 nitrogen and oxygen atoms in total. The van der Waals surface area contributed by atoms with Crippen LogP contribution >= 0.6 is 11.6 Å². The molecule has 2 N–H and O–H groups in total. The van der Waals surface area contributed by atoms with E-state index in [1.807, 2.05) is 25.7 Å². The third-order valence-electron chi connectivity index (χ3n) is 6.82. The number of likely N-dealkylation sites (N-methyl/N-ethyl adjacent to an activating group) is 1. The molecule has 220 valence electrons. The van der Waals surface area contributed by atoms with E-state index in [1.54, 1.807) is 54.5 Å². The van der Waals surface area contributed by atoms with E-state index in [-0.39, 0.29) is 34.9 Å². The number of halogens is 1. The molecular weight excluding hydrogens is 558 g/mol. The molecule has 1 aliphatic heterocycles. The van der Waals surface area contributed by atoms with Gasteiger partial charge in [0.1, 0.15) is 23.2 Å². The van der Waals surface area contributed by atoms with Gasteiger partial charge in [-0.3, -0.25) is 4.79 Å². The highest BCUT2D eigenvalue weighted by atomic mass is 35.5. The first kappa shape index (κ1) is 30.6. The van der Waals surface area contributed by atoms with E-state index in [2.05, 4.69) is 11.1 Å². The number of ether oxygens (including phenoxy) is 1. The minimum Gasteiger partial charge on any atom is -0.508 e. The summed E-state index contributed by atoms with van der Waals surface area (Å²) < 4.78 is 5.46. The lowest BCUT2D eigenvalue weighted by molar-refractivity contribution is 0.0240. The Kier molecular flexibility index (Phi) is 9.24. The summed E-state index contributed by atoms with van der Waals surface area (Å²) in [6, 6.07) is 15.1. The number of phenols is 1. The number of phenolic OH excluding ortho intramolecular Hbond substituents is 1. The summed E-state index contributed by atoms with van der Waals surface area (Å²) in [6.07, 6.45) is 0.361. The van der Waals surface area contributed by atoms with E-state index in [0.717, 1.165) is 0 Å². The van der Waals surface area contributed by atoms with E-state index < -0.39 is 11.7 Å². The summed E-state index contributed by atoms with van der Waals surface area (Å²) in [7, 11) is 1.57. The summed E-state index contributed by atoms with van der Waals surface area (Å²) >= 11 is 6.52. The maximum Gasteiger partial charge on any atom is 0.410 e. The number of hydrogen-bond acceptors (Lipinski definition) is 8. The van der Waals surface area contributed by atoms with E-state index in [1.165, 1.54) is 17.0 Å². The Labute approximate surface area is 250 Å². The first-order chi connectivity index (χ1) is 19.9. The summed E-state index contributed by atoms with van der Waals surface area (Å²) in [4.78, 5) is 35.0. The predicted molar refractivity (Wildman–Crippen MR) is 159 cm³/mol. The molecule has 1 saturated heterocycles. The first-order valence-corrected chi connectivity index (χ1v) is 13.9. The molecule has 2 heterocycles. The quantitative estimate of drug-likeness (QED) is 0.416. The number of carbonyl (C=O) groups is 2. The van der Waals surface area contributed by atoms with Crippen molar-refractivity contribution in [2.45, 2.75) is 32.5 Å². The molecule has 4 rings (SSSR count). The van der Waals surface area contributed by atoms with E-state index in [0.29, 0.717) is 54.3 Å². The number of nitrogens with zero attached hydrogens (tertiary/aromatic N) is 5. The van der Waals surface area contributed by atoms with Gasteiger partial charge in [0.25, 0.3) is 5.91 Å². The molecule has 1 aliphatic rings. The van der Waals surface area contributed by atoms with E-state index >= 15 is 0 Å². The number of pyridine rings is 1. The first-order valence-electron chi connectivity index (χ1n) is 13.5. The van der Waals surface area contributed by atoms with Crippen molar-refractivity contribution in [1.82, 2.24) is 14.8 Å². The summed E-state index contributed by atoms with van der Waals surface area (Å²) in [5.41, 5.74) is 2.02. The van der Waals surface area contributed by atoms with Crippen LogP contribution in [-0.4, -0.2) is 82.4 Å². The van der Waals surface area contributed by atoms with Crippen molar-refractivity contribution in [3.63, 3.8) is 0 Å². The van der Waals surface area contributed by atoms with Crippen LogP contribution in [0.1, 0.15) is 48.4 Å². The fourth-order valence-electron chi connectivity index (χ4n) is 4.59. The molecule has 2 amide bonds. The van der Waals surface area contributed by atoms with Crippen LogP contribution in [0.4, 0.5) is 10.6 Å². The van der Waals surface area contributed by atoms with Crippen molar-refractivity contribution in [1.29, 1.82) is 5.26 Å². The van der Waals surface area contributed by atoms with Crippen LogP contribution in [0.5, 0.6) is 5.75 Å². The van der Waals surface area contributed by atoms with Crippen LogP contribution in [0, 0.1) is 11.3 Å². The molecule has 0 aliphatic carbocycles. The van der Waals surface area contributed by atoms with Crippen LogP contribution in [-0.2, 0) is 4.74 Å². The molecule has 1 aromatic heterocycles. The van der Waals surface area contributed by atoms with Crippen LogP contribution in [0.3, 0.4) is 0 Å². The lowest BCUT2D eigenvalue weighted by Crippen LogP contribution is -2.50. The average molecular weight is 592 g/mol. The lowest BCUT2D eigenvalue weighted by atomic mass is 10.0. The number of rotatable bonds is 6. The predicted octanol–water partition coefficient (Wildman–Crippen LogP) is 4.84.